The van der Waals surface area contributed by atoms with E-state index in [0.29, 0.717) is 54.3 Å². The average molecular weight is 439 g/mol. The molecule has 2 aromatic rings. The third kappa shape index (κ3) is 5.15. The molecule has 1 aliphatic heterocycles. The Bertz CT molecular complexity index is 945. The predicted molar refractivity (Wildman–Crippen MR) is 108 cm³/mol. The second kappa shape index (κ2) is 9.36. The maximum Gasteiger partial charge on any atom is 0.573 e. The molecule has 0 aliphatic carbocycles. The van der Waals surface area contributed by atoms with E-state index in [4.69, 9.17) is 14.2 Å². The minimum absolute atomic E-state index is 0.123. The molecule has 0 fully saturated rings. The normalized spacial score (nSPS) is 13.4. The fraction of sp³-hybridized carbons (Fsp3) is 0.409. The number of alkyl halides is 3. The number of fused-ring (bicyclic) bond motifs is 1. The molecule has 6 nitrogen and oxygen atoms in total. The summed E-state index contributed by atoms with van der Waals surface area (Å²) in [6.45, 7) is 0.508. The van der Waals surface area contributed by atoms with Crippen LogP contribution in [-0.2, 0) is 17.6 Å². The van der Waals surface area contributed by atoms with E-state index in [1.165, 1.54) is 39.5 Å². The Morgan fingerprint density at radius 3 is 2.42 bits per heavy atom. The van der Waals surface area contributed by atoms with E-state index >= 15 is 0 Å². The molecule has 1 amide bonds. The molecule has 31 heavy (non-hydrogen) atoms. The Morgan fingerprint density at radius 1 is 1.03 bits per heavy atom. The van der Waals surface area contributed by atoms with Gasteiger partial charge >= 0.3 is 6.36 Å². The number of anilines is 1. The molecule has 9 heteroatoms. The van der Waals surface area contributed by atoms with Gasteiger partial charge in [-0.2, -0.15) is 0 Å². The molecule has 0 radical (unpaired) electrons. The zero-order valence-electron chi connectivity index (χ0n) is 17.5. The van der Waals surface area contributed by atoms with Crippen LogP contribution in [0.5, 0.6) is 23.0 Å². The van der Waals surface area contributed by atoms with Gasteiger partial charge < -0.3 is 23.8 Å². The van der Waals surface area contributed by atoms with Crippen molar-refractivity contribution in [1.82, 2.24) is 0 Å². The van der Waals surface area contributed by atoms with Gasteiger partial charge in [-0.15, -0.1) is 13.2 Å². The van der Waals surface area contributed by atoms with Crippen LogP contribution in [0.3, 0.4) is 0 Å². The number of ether oxygens (including phenoxy) is 4. The summed E-state index contributed by atoms with van der Waals surface area (Å²) in [6, 6.07) is 7.65. The molecule has 0 bridgehead atoms. The Morgan fingerprint density at radius 2 is 1.77 bits per heavy atom. The van der Waals surface area contributed by atoms with Crippen LogP contribution in [0.4, 0.5) is 18.9 Å². The number of carbonyl (C=O) groups excluding carboxylic acids is 1. The molecule has 1 heterocycles. The number of benzene rings is 2. The smallest absolute Gasteiger partial charge is 0.493 e. The molecule has 3 rings (SSSR count). The highest BCUT2D eigenvalue weighted by Crippen LogP contribution is 2.40. The minimum Gasteiger partial charge on any atom is -0.493 e. The minimum atomic E-state index is -4.75. The highest BCUT2D eigenvalue weighted by molar-refractivity contribution is 5.94. The van der Waals surface area contributed by atoms with Gasteiger partial charge in [0.15, 0.2) is 11.5 Å². The van der Waals surface area contributed by atoms with Gasteiger partial charge in [0, 0.05) is 18.7 Å². The fourth-order valence-electron chi connectivity index (χ4n) is 3.77. The number of methoxy groups -OCH3 is 3. The predicted octanol–water partition coefficient (Wildman–Crippen LogP) is 4.52. The summed E-state index contributed by atoms with van der Waals surface area (Å²) in [4.78, 5) is 14.6. The van der Waals surface area contributed by atoms with Gasteiger partial charge in [-0.3, -0.25) is 4.79 Å². The van der Waals surface area contributed by atoms with Gasteiger partial charge in [0.25, 0.3) is 0 Å². The second-order valence-corrected chi connectivity index (χ2v) is 6.98. The van der Waals surface area contributed by atoms with Crippen molar-refractivity contribution in [3.05, 3.63) is 41.5 Å². The van der Waals surface area contributed by atoms with Crippen LogP contribution in [0.15, 0.2) is 30.3 Å². The van der Waals surface area contributed by atoms with Crippen molar-refractivity contribution in [3.8, 4) is 23.0 Å². The van der Waals surface area contributed by atoms with Crippen LogP contribution in [0.1, 0.15) is 24.0 Å². The number of aryl methyl sites for hydroxylation is 2. The van der Waals surface area contributed by atoms with E-state index in [-0.39, 0.29) is 18.1 Å². The van der Waals surface area contributed by atoms with Crippen LogP contribution in [-0.4, -0.2) is 40.1 Å². The van der Waals surface area contributed by atoms with E-state index in [9.17, 15) is 18.0 Å². The lowest BCUT2D eigenvalue weighted by atomic mass is 10.00. The van der Waals surface area contributed by atoms with Gasteiger partial charge in [-0.05, 0) is 54.7 Å². The van der Waals surface area contributed by atoms with Gasteiger partial charge in [0.05, 0.1) is 21.3 Å². The first-order valence-electron chi connectivity index (χ1n) is 9.74. The molecule has 2 aromatic carbocycles. The summed E-state index contributed by atoms with van der Waals surface area (Å²) in [5.74, 6) is 1.08. The molecule has 0 saturated carbocycles. The zero-order chi connectivity index (χ0) is 22.6. The summed E-state index contributed by atoms with van der Waals surface area (Å²) < 4.78 is 57.6. The monoisotopic (exact) mass is 439 g/mol. The van der Waals surface area contributed by atoms with Crippen molar-refractivity contribution in [2.75, 3.05) is 32.8 Å². The van der Waals surface area contributed by atoms with Crippen molar-refractivity contribution in [2.24, 2.45) is 0 Å². The largest absolute Gasteiger partial charge is 0.573 e. The lowest BCUT2D eigenvalue weighted by Crippen LogP contribution is -2.35. The maximum atomic E-state index is 12.9. The van der Waals surface area contributed by atoms with Crippen molar-refractivity contribution in [1.29, 1.82) is 0 Å². The fourth-order valence-corrected chi connectivity index (χ4v) is 3.77. The SMILES string of the molecule is COc1ccc(CCC(=O)N2CCCc3cc(OC(F)(F)F)ccc32)c(OC)c1OC. The summed E-state index contributed by atoms with van der Waals surface area (Å²) in [7, 11) is 4.56. The van der Waals surface area contributed by atoms with E-state index in [0.717, 1.165) is 5.56 Å². The molecule has 0 aromatic heterocycles. The van der Waals surface area contributed by atoms with Crippen molar-refractivity contribution < 1.29 is 36.9 Å². The molecule has 0 unspecified atom stereocenters. The summed E-state index contributed by atoms with van der Waals surface area (Å²) in [5, 5.41) is 0. The Kier molecular flexibility index (Phi) is 6.82. The number of nitrogens with zero attached hydrogens (tertiary/aromatic N) is 1. The summed E-state index contributed by atoms with van der Waals surface area (Å²) in [6.07, 6.45) is -2.90. The number of rotatable bonds is 7. The van der Waals surface area contributed by atoms with Crippen molar-refractivity contribution in [2.45, 2.75) is 32.0 Å². The topological polar surface area (TPSA) is 57.2 Å². The molecular weight excluding hydrogens is 415 g/mol. The first kappa shape index (κ1) is 22.6. The molecule has 168 valence electrons. The van der Waals surface area contributed by atoms with Crippen LogP contribution >= 0.6 is 0 Å². The lowest BCUT2D eigenvalue weighted by molar-refractivity contribution is -0.274. The highest BCUT2D eigenvalue weighted by atomic mass is 19.4. The van der Waals surface area contributed by atoms with Gasteiger partial charge in [-0.25, -0.2) is 0 Å². The maximum absolute atomic E-state index is 12.9. The van der Waals surface area contributed by atoms with Gasteiger partial charge in [0.2, 0.25) is 11.7 Å². The van der Waals surface area contributed by atoms with Crippen LogP contribution in [0, 0.1) is 0 Å². The zero-order valence-corrected chi connectivity index (χ0v) is 17.5. The van der Waals surface area contributed by atoms with E-state index in [1.807, 2.05) is 6.07 Å². The number of halogens is 3. The van der Waals surface area contributed by atoms with E-state index in [2.05, 4.69) is 4.74 Å². The Labute approximate surface area is 178 Å². The number of hydrogen-bond acceptors (Lipinski definition) is 5. The first-order chi connectivity index (χ1) is 14.8. The van der Waals surface area contributed by atoms with Gasteiger partial charge in [-0.1, -0.05) is 6.07 Å². The van der Waals surface area contributed by atoms with Crippen molar-refractivity contribution in [3.63, 3.8) is 0 Å². The third-order valence-corrected chi connectivity index (χ3v) is 5.10. The van der Waals surface area contributed by atoms with Crippen molar-refractivity contribution >= 4 is 11.6 Å². The van der Waals surface area contributed by atoms with E-state index < -0.39 is 6.36 Å². The molecule has 0 atom stereocenters. The summed E-state index contributed by atoms with van der Waals surface area (Å²) in [5.41, 5.74) is 2.06. The highest BCUT2D eigenvalue weighted by Gasteiger charge is 2.32. The second-order valence-electron chi connectivity index (χ2n) is 6.98. The number of hydrogen-bond donors (Lipinski definition) is 0. The van der Waals surface area contributed by atoms with E-state index in [1.54, 1.807) is 11.0 Å². The number of carbonyl (C=O) groups is 1. The van der Waals surface area contributed by atoms with Gasteiger partial charge in [0.1, 0.15) is 5.75 Å². The molecule has 1 aliphatic rings. The lowest BCUT2D eigenvalue weighted by Gasteiger charge is -2.30. The molecule has 0 saturated heterocycles. The van der Waals surface area contributed by atoms with Crippen LogP contribution < -0.4 is 23.8 Å². The van der Waals surface area contributed by atoms with Crippen LogP contribution in [0.25, 0.3) is 0 Å². The first-order valence-corrected chi connectivity index (χ1v) is 9.74. The van der Waals surface area contributed by atoms with Crippen LogP contribution in [0.2, 0.25) is 0 Å². The third-order valence-electron chi connectivity index (χ3n) is 5.10. The molecule has 0 N–H and O–H groups in total. The standard InChI is InChI=1S/C22H24F3NO5/c1-28-18-10-6-14(20(29-2)21(18)30-3)7-11-19(27)26-12-4-5-15-13-16(8-9-17(15)26)31-22(23,24)25/h6,8-10,13H,4-5,7,11-12H2,1-3H3. The Hall–Kier alpha value is -3.10. The Balaban J connectivity index is 1.76. The quantitative estimate of drug-likeness (QED) is 0.635. The number of amides is 1. The average Bonchev–Trinajstić information content (AvgIpc) is 2.74. The molecule has 0 spiro atoms. The summed E-state index contributed by atoms with van der Waals surface area (Å²) >= 11 is 0. The molecular formula is C22H24F3NO5.